The van der Waals surface area contributed by atoms with Gasteiger partial charge in [0.1, 0.15) is 11.2 Å². The van der Waals surface area contributed by atoms with Gasteiger partial charge in [0.2, 0.25) is 0 Å². The van der Waals surface area contributed by atoms with E-state index in [2.05, 4.69) is 41.0 Å². The molecular weight excluding hydrogens is 655 g/mol. The average Bonchev–Trinajstić information content (AvgIpc) is 3.91. The molecule has 7 aromatic carbocycles. The highest BCUT2D eigenvalue weighted by Gasteiger charge is 2.27. The van der Waals surface area contributed by atoms with Crippen LogP contribution in [-0.4, -0.2) is 19.5 Å². The third-order valence-electron chi connectivity index (χ3n) is 10.1. The third-order valence-corrected chi connectivity index (χ3v) is 10.1. The van der Waals surface area contributed by atoms with Gasteiger partial charge in [0.15, 0.2) is 28.6 Å². The predicted octanol–water partition coefficient (Wildman–Crippen LogP) is 11.6. The Morgan fingerprint density at radius 1 is 0.491 bits per heavy atom. The fourth-order valence-corrected chi connectivity index (χ4v) is 7.77. The zero-order valence-corrected chi connectivity index (χ0v) is 28.0. The summed E-state index contributed by atoms with van der Waals surface area (Å²) in [6.45, 7) is 0. The van der Waals surface area contributed by atoms with Crippen LogP contribution >= 0.6 is 0 Å². The number of nitriles is 1. The van der Waals surface area contributed by atoms with Crippen LogP contribution in [0.3, 0.4) is 0 Å². The number of para-hydroxylation sites is 3. The Balaban J connectivity index is 1.29. The first-order valence-electron chi connectivity index (χ1n) is 17.3. The number of nitrogens with zero attached hydrogens (tertiary/aromatic N) is 5. The van der Waals surface area contributed by atoms with Gasteiger partial charge >= 0.3 is 0 Å². The van der Waals surface area contributed by atoms with E-state index in [-0.39, 0.29) is 0 Å². The first kappa shape index (κ1) is 29.2. The summed E-state index contributed by atoms with van der Waals surface area (Å²) < 4.78 is 15.7. The van der Waals surface area contributed by atoms with Crippen molar-refractivity contribution in [3.63, 3.8) is 0 Å². The van der Waals surface area contributed by atoms with E-state index in [1.54, 1.807) is 0 Å². The summed E-state index contributed by atoms with van der Waals surface area (Å²) >= 11 is 0. The molecule has 0 N–H and O–H groups in total. The molecule has 0 saturated carbocycles. The zero-order valence-electron chi connectivity index (χ0n) is 28.0. The Bertz CT molecular complexity index is 3240. The molecule has 0 amide bonds. The number of furan rings is 2. The molecule has 53 heavy (non-hydrogen) atoms. The normalized spacial score (nSPS) is 11.8. The summed E-state index contributed by atoms with van der Waals surface area (Å²) in [6.07, 6.45) is 0. The molecule has 11 rings (SSSR count). The van der Waals surface area contributed by atoms with Crippen molar-refractivity contribution in [1.29, 1.82) is 5.26 Å². The van der Waals surface area contributed by atoms with Crippen molar-refractivity contribution in [3.8, 4) is 45.9 Å². The lowest BCUT2D eigenvalue weighted by molar-refractivity contribution is 0.665. The van der Waals surface area contributed by atoms with Crippen LogP contribution in [0, 0.1) is 11.3 Å². The second-order valence-corrected chi connectivity index (χ2v) is 13.1. The second-order valence-electron chi connectivity index (χ2n) is 13.1. The molecular formula is C46H25N5O2. The third kappa shape index (κ3) is 4.30. The molecule has 0 aliphatic carbocycles. The van der Waals surface area contributed by atoms with E-state index in [0.717, 1.165) is 71.3 Å². The molecule has 0 radical (unpaired) electrons. The maximum atomic E-state index is 11.1. The highest BCUT2D eigenvalue weighted by molar-refractivity contribution is 6.23. The Kier molecular flexibility index (Phi) is 6.18. The molecule has 0 saturated heterocycles. The van der Waals surface area contributed by atoms with Gasteiger partial charge in [0, 0.05) is 49.0 Å². The maximum Gasteiger partial charge on any atom is 0.166 e. The molecule has 4 aromatic heterocycles. The Morgan fingerprint density at radius 2 is 1.04 bits per heavy atom. The molecule has 7 nitrogen and oxygen atoms in total. The molecule has 0 spiro atoms. The predicted molar refractivity (Wildman–Crippen MR) is 210 cm³/mol. The van der Waals surface area contributed by atoms with Gasteiger partial charge in [-0.15, -0.1) is 0 Å². The number of hydrogen-bond acceptors (Lipinski definition) is 6. The number of rotatable bonds is 4. The van der Waals surface area contributed by atoms with E-state index < -0.39 is 0 Å². The van der Waals surface area contributed by atoms with Gasteiger partial charge in [-0.3, -0.25) is 0 Å². The fourth-order valence-electron chi connectivity index (χ4n) is 7.77. The number of hydrogen-bond donors (Lipinski definition) is 0. The Labute approximate surface area is 301 Å². The summed E-state index contributed by atoms with van der Waals surface area (Å²) in [7, 11) is 0. The number of fused-ring (bicyclic) bond motifs is 10. The summed E-state index contributed by atoms with van der Waals surface area (Å²) in [5.41, 5.74) is 8.15. The average molecular weight is 680 g/mol. The van der Waals surface area contributed by atoms with Gasteiger partial charge in [-0.1, -0.05) is 121 Å². The lowest BCUT2D eigenvalue weighted by Gasteiger charge is -2.14. The molecule has 7 heteroatoms. The molecule has 0 unspecified atom stereocenters. The van der Waals surface area contributed by atoms with E-state index in [1.165, 1.54) is 0 Å². The summed E-state index contributed by atoms with van der Waals surface area (Å²) in [6, 6.07) is 52.7. The Hall–Kier alpha value is -7.56. The van der Waals surface area contributed by atoms with Crippen LogP contribution in [0.4, 0.5) is 0 Å². The van der Waals surface area contributed by atoms with Crippen molar-refractivity contribution in [2.24, 2.45) is 0 Å². The smallest absolute Gasteiger partial charge is 0.166 e. The van der Waals surface area contributed by atoms with Gasteiger partial charge in [-0.2, -0.15) is 5.26 Å². The summed E-state index contributed by atoms with van der Waals surface area (Å²) in [5.74, 6) is 1.41. The molecule has 4 heterocycles. The minimum Gasteiger partial charge on any atom is -0.454 e. The van der Waals surface area contributed by atoms with Crippen LogP contribution in [0.2, 0.25) is 0 Å². The van der Waals surface area contributed by atoms with Crippen molar-refractivity contribution in [2.45, 2.75) is 0 Å². The molecule has 246 valence electrons. The largest absolute Gasteiger partial charge is 0.454 e. The van der Waals surface area contributed by atoms with Crippen LogP contribution < -0.4 is 0 Å². The quantitative estimate of drug-likeness (QED) is 0.184. The van der Waals surface area contributed by atoms with E-state index >= 15 is 0 Å². The van der Waals surface area contributed by atoms with Crippen LogP contribution in [0.15, 0.2) is 160 Å². The molecule has 0 atom stereocenters. The van der Waals surface area contributed by atoms with Crippen LogP contribution in [0.25, 0.3) is 106 Å². The minimum absolute atomic E-state index is 0.388. The lowest BCUT2D eigenvalue weighted by atomic mass is 9.98. The summed E-state index contributed by atoms with van der Waals surface area (Å²) in [4.78, 5) is 15.0. The van der Waals surface area contributed by atoms with Gasteiger partial charge in [0.05, 0.1) is 28.4 Å². The van der Waals surface area contributed by atoms with Crippen molar-refractivity contribution in [3.05, 3.63) is 157 Å². The molecule has 0 aliphatic heterocycles. The number of aromatic nitrogens is 4. The fraction of sp³-hybridized carbons (Fsp3) is 0. The van der Waals surface area contributed by atoms with Crippen LogP contribution in [-0.2, 0) is 0 Å². The van der Waals surface area contributed by atoms with Crippen molar-refractivity contribution < 1.29 is 8.83 Å². The van der Waals surface area contributed by atoms with Gasteiger partial charge in [0.25, 0.3) is 0 Å². The monoisotopic (exact) mass is 679 g/mol. The molecule has 0 fully saturated rings. The van der Waals surface area contributed by atoms with Gasteiger partial charge < -0.3 is 13.4 Å². The topological polar surface area (TPSA) is 93.7 Å². The second kappa shape index (κ2) is 11.2. The first-order valence-corrected chi connectivity index (χ1v) is 17.3. The van der Waals surface area contributed by atoms with Crippen LogP contribution in [0.5, 0.6) is 0 Å². The standard InChI is InChI=1S/C46H25N5O2/c47-26-29-25-36(51-35-20-10-7-17-30(35)32-23-24-33-31-18-8-11-21-37(31)52-42(33)41(32)51)43-40(34-19-9-12-22-38(34)53-43)39(29)46-49-44(27-13-3-1-4-14-27)48-45(50-46)28-15-5-2-6-16-28/h1-25H. The highest BCUT2D eigenvalue weighted by Crippen LogP contribution is 2.46. The number of benzene rings is 7. The highest BCUT2D eigenvalue weighted by atomic mass is 16.3. The molecule has 11 aromatic rings. The van der Waals surface area contributed by atoms with E-state index in [4.69, 9.17) is 23.8 Å². The SMILES string of the molecule is N#Cc1cc(-n2c3ccccc3c3ccc4c5ccccc5oc4c32)c2oc3ccccc3c2c1-c1nc(-c2ccccc2)nc(-c2ccccc2)n1. The van der Waals surface area contributed by atoms with Crippen LogP contribution in [0.1, 0.15) is 5.56 Å². The first-order chi connectivity index (χ1) is 26.2. The minimum atomic E-state index is 0.388. The zero-order chi connectivity index (χ0) is 35.0. The van der Waals surface area contributed by atoms with E-state index in [0.29, 0.717) is 39.8 Å². The Morgan fingerprint density at radius 3 is 1.74 bits per heavy atom. The van der Waals surface area contributed by atoms with Crippen molar-refractivity contribution in [1.82, 2.24) is 19.5 Å². The van der Waals surface area contributed by atoms with E-state index in [1.807, 2.05) is 121 Å². The van der Waals surface area contributed by atoms with Gasteiger partial charge in [-0.05, 0) is 30.3 Å². The van der Waals surface area contributed by atoms with Gasteiger partial charge in [-0.25, -0.2) is 15.0 Å². The molecule has 0 bridgehead atoms. The maximum absolute atomic E-state index is 11.1. The summed E-state index contributed by atoms with van der Waals surface area (Å²) in [5, 5.41) is 16.8. The van der Waals surface area contributed by atoms with E-state index in [9.17, 15) is 5.26 Å². The van der Waals surface area contributed by atoms with Crippen molar-refractivity contribution >= 4 is 65.7 Å². The van der Waals surface area contributed by atoms with Crippen molar-refractivity contribution in [2.75, 3.05) is 0 Å². The lowest BCUT2D eigenvalue weighted by Crippen LogP contribution is -2.03. The molecule has 0 aliphatic rings.